The highest BCUT2D eigenvalue weighted by molar-refractivity contribution is 7.99. The van der Waals surface area contributed by atoms with E-state index in [0.717, 1.165) is 30.0 Å². The van der Waals surface area contributed by atoms with Crippen molar-refractivity contribution < 1.29 is 4.42 Å². The molecular weight excluding hydrogens is 288 g/mol. The summed E-state index contributed by atoms with van der Waals surface area (Å²) in [5, 5.41) is 8.98. The third kappa shape index (κ3) is 2.94. The van der Waals surface area contributed by atoms with Crippen LogP contribution in [0.2, 0.25) is 0 Å². The van der Waals surface area contributed by atoms with Crippen LogP contribution in [0.4, 0.5) is 0 Å². The largest absolute Gasteiger partial charge is 0.469 e. The van der Waals surface area contributed by atoms with E-state index in [1.54, 1.807) is 24.2 Å². The number of aryl methyl sites for hydroxylation is 2. The number of thioether (sulfide) groups is 1. The van der Waals surface area contributed by atoms with Gasteiger partial charge in [-0.15, -0.1) is 10.2 Å². The highest BCUT2D eigenvalue weighted by Crippen LogP contribution is 2.25. The fraction of sp³-hybridized carbons (Fsp3) is 0.308. The van der Waals surface area contributed by atoms with Gasteiger partial charge in [0.25, 0.3) is 0 Å². The molecule has 0 radical (unpaired) electrons. The lowest BCUT2D eigenvalue weighted by Gasteiger charge is -2.03. The summed E-state index contributed by atoms with van der Waals surface area (Å²) in [4.78, 5) is 4.01. The number of furan rings is 1. The molecule has 0 atom stereocenters. The fourth-order valence-corrected chi connectivity index (χ4v) is 2.79. The van der Waals surface area contributed by atoms with Crippen LogP contribution in [0.25, 0.3) is 11.4 Å². The van der Waals surface area contributed by atoms with Gasteiger partial charge >= 0.3 is 0 Å². The summed E-state index contributed by atoms with van der Waals surface area (Å²) < 4.78 is 8.83. The Hall–Kier alpha value is -2.22. The zero-order chi connectivity index (χ0) is 14.7. The number of aromatic nitrogens is 5. The molecule has 0 saturated carbocycles. The third-order valence-corrected chi connectivity index (χ3v) is 4.14. The van der Waals surface area contributed by atoms with Crippen LogP contribution in [0.1, 0.15) is 12.2 Å². The van der Waals surface area contributed by atoms with E-state index >= 15 is 0 Å². The first-order valence-electron chi connectivity index (χ1n) is 6.59. The van der Waals surface area contributed by atoms with E-state index in [4.69, 9.17) is 10.3 Å². The Balaban J connectivity index is 1.59. The maximum Gasteiger partial charge on any atom is 0.210 e. The minimum atomic E-state index is 0.623. The van der Waals surface area contributed by atoms with Gasteiger partial charge in [0, 0.05) is 24.7 Å². The number of nitrogen functional groups attached to an aromatic ring is 1. The van der Waals surface area contributed by atoms with Crippen molar-refractivity contribution in [2.24, 2.45) is 0 Å². The van der Waals surface area contributed by atoms with Crippen LogP contribution in [-0.2, 0) is 6.54 Å². The van der Waals surface area contributed by atoms with Crippen molar-refractivity contribution in [1.82, 2.24) is 24.4 Å². The maximum absolute atomic E-state index is 6.05. The molecule has 3 rings (SSSR count). The van der Waals surface area contributed by atoms with Gasteiger partial charge in [0.15, 0.2) is 5.82 Å². The van der Waals surface area contributed by atoms with Crippen molar-refractivity contribution in [1.29, 1.82) is 0 Å². The minimum absolute atomic E-state index is 0.623. The molecule has 8 heteroatoms. The molecule has 3 heterocycles. The molecule has 2 N–H and O–H groups in total. The molecule has 0 aliphatic carbocycles. The molecule has 0 fully saturated rings. The van der Waals surface area contributed by atoms with Crippen molar-refractivity contribution in [3.63, 3.8) is 0 Å². The Morgan fingerprint density at radius 2 is 2.29 bits per heavy atom. The maximum atomic E-state index is 6.05. The van der Waals surface area contributed by atoms with Crippen LogP contribution in [0, 0.1) is 6.92 Å². The lowest BCUT2D eigenvalue weighted by atomic mass is 10.2. The van der Waals surface area contributed by atoms with E-state index in [-0.39, 0.29) is 0 Å². The van der Waals surface area contributed by atoms with Crippen molar-refractivity contribution in [2.45, 2.75) is 25.0 Å². The summed E-state index contributed by atoms with van der Waals surface area (Å²) >= 11 is 1.59. The zero-order valence-electron chi connectivity index (χ0n) is 11.6. The summed E-state index contributed by atoms with van der Waals surface area (Å²) in [7, 11) is 0. The second-order valence-electron chi connectivity index (χ2n) is 4.57. The molecule has 0 bridgehead atoms. The van der Waals surface area contributed by atoms with Gasteiger partial charge in [-0.3, -0.25) is 0 Å². The normalized spacial score (nSPS) is 11.1. The van der Waals surface area contributed by atoms with Gasteiger partial charge in [0.1, 0.15) is 5.76 Å². The molecule has 3 aromatic rings. The second kappa shape index (κ2) is 6.04. The highest BCUT2D eigenvalue weighted by atomic mass is 32.2. The number of nitrogens with two attached hydrogens (primary N) is 1. The van der Waals surface area contributed by atoms with Crippen LogP contribution >= 0.6 is 11.8 Å². The first-order valence-corrected chi connectivity index (χ1v) is 7.58. The summed E-state index contributed by atoms with van der Waals surface area (Å²) in [6.07, 6.45) is 8.18. The highest BCUT2D eigenvalue weighted by Gasteiger charge is 2.15. The Labute approximate surface area is 126 Å². The average Bonchev–Trinajstić information content (AvgIpc) is 3.18. The van der Waals surface area contributed by atoms with E-state index in [0.29, 0.717) is 11.0 Å². The Kier molecular flexibility index (Phi) is 3.96. The molecule has 0 spiro atoms. The summed E-state index contributed by atoms with van der Waals surface area (Å²) in [6.45, 7) is 2.81. The lowest BCUT2D eigenvalue weighted by molar-refractivity contribution is 0.535. The van der Waals surface area contributed by atoms with Crippen LogP contribution in [0.15, 0.2) is 40.6 Å². The zero-order valence-corrected chi connectivity index (χ0v) is 12.5. The van der Waals surface area contributed by atoms with Crippen molar-refractivity contribution in [2.75, 3.05) is 11.6 Å². The van der Waals surface area contributed by atoms with Gasteiger partial charge in [0.05, 0.1) is 18.2 Å². The van der Waals surface area contributed by atoms with Crippen LogP contribution in [0.3, 0.4) is 0 Å². The van der Waals surface area contributed by atoms with E-state index in [1.165, 1.54) is 4.68 Å². The predicted molar refractivity (Wildman–Crippen MR) is 80.2 cm³/mol. The molecule has 0 aromatic carbocycles. The molecule has 0 aliphatic heterocycles. The smallest absolute Gasteiger partial charge is 0.210 e. The first-order chi connectivity index (χ1) is 10.3. The van der Waals surface area contributed by atoms with Crippen molar-refractivity contribution in [3.8, 4) is 11.4 Å². The molecule has 110 valence electrons. The van der Waals surface area contributed by atoms with Gasteiger partial charge in [-0.1, -0.05) is 11.8 Å². The standard InChI is InChI=1S/C13H16N6OS/c1-10-11(3-7-20-10)12-16-17-13(19(12)14)21-8-2-5-18-6-4-15-9-18/h3-4,6-7,9H,2,5,8,14H2,1H3. The number of imidazole rings is 1. The first kappa shape index (κ1) is 13.7. The summed E-state index contributed by atoms with van der Waals surface area (Å²) in [5.74, 6) is 8.38. The van der Waals surface area contributed by atoms with E-state index in [9.17, 15) is 0 Å². The molecule has 21 heavy (non-hydrogen) atoms. The molecule has 0 amide bonds. The van der Waals surface area contributed by atoms with Crippen molar-refractivity contribution >= 4 is 11.8 Å². The number of rotatable bonds is 6. The van der Waals surface area contributed by atoms with E-state index in [1.807, 2.05) is 30.1 Å². The van der Waals surface area contributed by atoms with E-state index in [2.05, 4.69) is 15.2 Å². The summed E-state index contributed by atoms with van der Waals surface area (Å²) in [6, 6.07) is 1.84. The quantitative estimate of drug-likeness (QED) is 0.425. The van der Waals surface area contributed by atoms with E-state index < -0.39 is 0 Å². The molecule has 3 aromatic heterocycles. The molecular formula is C13H16N6OS. The van der Waals surface area contributed by atoms with Crippen LogP contribution < -0.4 is 5.84 Å². The Morgan fingerprint density at radius 1 is 1.38 bits per heavy atom. The number of nitrogens with zero attached hydrogens (tertiary/aromatic N) is 5. The Morgan fingerprint density at radius 3 is 3.00 bits per heavy atom. The van der Waals surface area contributed by atoms with Gasteiger partial charge in [-0.2, -0.15) is 0 Å². The lowest BCUT2D eigenvalue weighted by Crippen LogP contribution is -2.11. The monoisotopic (exact) mass is 304 g/mol. The third-order valence-electron chi connectivity index (χ3n) is 3.12. The fourth-order valence-electron chi connectivity index (χ4n) is 2.01. The SMILES string of the molecule is Cc1occc1-c1nnc(SCCCn2ccnc2)n1N. The molecule has 0 aliphatic rings. The van der Waals surface area contributed by atoms with Crippen molar-refractivity contribution in [3.05, 3.63) is 36.8 Å². The topological polar surface area (TPSA) is 87.7 Å². The Bertz CT molecular complexity index is 702. The average molecular weight is 304 g/mol. The van der Waals surface area contributed by atoms with Gasteiger partial charge < -0.3 is 14.8 Å². The van der Waals surface area contributed by atoms with Gasteiger partial charge in [0.2, 0.25) is 5.16 Å². The molecule has 0 unspecified atom stereocenters. The second-order valence-corrected chi connectivity index (χ2v) is 5.63. The number of hydrogen-bond acceptors (Lipinski definition) is 6. The number of hydrogen-bond donors (Lipinski definition) is 1. The predicted octanol–water partition coefficient (Wildman–Crippen LogP) is 1.94. The summed E-state index contributed by atoms with van der Waals surface area (Å²) in [5.41, 5.74) is 0.871. The minimum Gasteiger partial charge on any atom is -0.469 e. The molecule has 0 saturated heterocycles. The van der Waals surface area contributed by atoms with Crippen LogP contribution in [-0.4, -0.2) is 30.2 Å². The van der Waals surface area contributed by atoms with Gasteiger partial charge in [-0.25, -0.2) is 9.66 Å². The van der Waals surface area contributed by atoms with Crippen LogP contribution in [0.5, 0.6) is 0 Å². The molecule has 7 nitrogen and oxygen atoms in total. The van der Waals surface area contributed by atoms with Gasteiger partial charge in [-0.05, 0) is 19.4 Å².